The lowest BCUT2D eigenvalue weighted by atomic mass is 10.2. The number of benzene rings is 1. The number of thioether (sulfide) groups is 1. The standard InChI is InChI=1S/C13H13N3O2S/c1-2-18-10-5-3-9(4-6-10)11-14-12(17)16-7-8-19-13(16)15-11/h3-6H,2,7-8H2,1H3. The first-order valence-electron chi connectivity index (χ1n) is 6.13. The summed E-state index contributed by atoms with van der Waals surface area (Å²) in [4.78, 5) is 20.3. The Morgan fingerprint density at radius 2 is 2.11 bits per heavy atom. The fourth-order valence-corrected chi connectivity index (χ4v) is 2.87. The third kappa shape index (κ3) is 2.35. The van der Waals surface area contributed by atoms with Crippen LogP contribution in [0.3, 0.4) is 0 Å². The van der Waals surface area contributed by atoms with E-state index in [9.17, 15) is 4.79 Å². The molecule has 19 heavy (non-hydrogen) atoms. The highest BCUT2D eigenvalue weighted by atomic mass is 32.2. The second-order valence-corrected chi connectivity index (χ2v) is 5.13. The quantitative estimate of drug-likeness (QED) is 0.855. The van der Waals surface area contributed by atoms with E-state index in [1.165, 1.54) is 0 Å². The van der Waals surface area contributed by atoms with Gasteiger partial charge in [0.2, 0.25) is 0 Å². The molecule has 0 bridgehead atoms. The van der Waals surface area contributed by atoms with Crippen LogP contribution in [0.1, 0.15) is 6.92 Å². The molecule has 98 valence electrons. The molecule has 6 heteroatoms. The number of ether oxygens (including phenoxy) is 1. The van der Waals surface area contributed by atoms with Gasteiger partial charge in [0, 0.05) is 17.9 Å². The Morgan fingerprint density at radius 1 is 1.32 bits per heavy atom. The molecule has 0 N–H and O–H groups in total. The van der Waals surface area contributed by atoms with Crippen molar-refractivity contribution < 1.29 is 4.74 Å². The average Bonchev–Trinajstić information content (AvgIpc) is 2.89. The first-order chi connectivity index (χ1) is 9.28. The van der Waals surface area contributed by atoms with Crippen LogP contribution in [-0.4, -0.2) is 26.9 Å². The van der Waals surface area contributed by atoms with Crippen LogP contribution in [0.15, 0.2) is 34.2 Å². The Balaban J connectivity index is 1.98. The molecule has 3 rings (SSSR count). The number of fused-ring (bicyclic) bond motifs is 1. The van der Waals surface area contributed by atoms with E-state index in [0.29, 0.717) is 19.0 Å². The molecule has 0 aliphatic carbocycles. The van der Waals surface area contributed by atoms with Gasteiger partial charge < -0.3 is 4.74 Å². The molecule has 0 spiro atoms. The van der Waals surface area contributed by atoms with Crippen LogP contribution in [-0.2, 0) is 6.54 Å². The Hall–Kier alpha value is -1.82. The largest absolute Gasteiger partial charge is 0.494 e. The molecule has 1 aliphatic rings. The van der Waals surface area contributed by atoms with Crippen molar-refractivity contribution >= 4 is 11.8 Å². The van der Waals surface area contributed by atoms with Crippen molar-refractivity contribution in [3.05, 3.63) is 34.7 Å². The van der Waals surface area contributed by atoms with Gasteiger partial charge in [-0.1, -0.05) is 11.8 Å². The molecule has 1 aliphatic heterocycles. The van der Waals surface area contributed by atoms with Crippen LogP contribution in [0, 0.1) is 0 Å². The predicted molar refractivity (Wildman–Crippen MR) is 73.6 cm³/mol. The highest BCUT2D eigenvalue weighted by molar-refractivity contribution is 7.99. The third-order valence-electron chi connectivity index (χ3n) is 2.83. The van der Waals surface area contributed by atoms with Crippen LogP contribution < -0.4 is 10.4 Å². The van der Waals surface area contributed by atoms with Crippen molar-refractivity contribution in [1.82, 2.24) is 14.5 Å². The number of nitrogens with zero attached hydrogens (tertiary/aromatic N) is 3. The monoisotopic (exact) mass is 275 g/mol. The maximum atomic E-state index is 11.8. The maximum absolute atomic E-state index is 11.8. The number of hydrogen-bond acceptors (Lipinski definition) is 5. The summed E-state index contributed by atoms with van der Waals surface area (Å²) in [5, 5.41) is 0.754. The smallest absolute Gasteiger partial charge is 0.351 e. The van der Waals surface area contributed by atoms with Crippen molar-refractivity contribution in [3.8, 4) is 17.1 Å². The zero-order valence-electron chi connectivity index (χ0n) is 10.5. The van der Waals surface area contributed by atoms with Gasteiger partial charge in [0.15, 0.2) is 11.0 Å². The zero-order chi connectivity index (χ0) is 13.2. The normalized spacial score (nSPS) is 13.3. The first kappa shape index (κ1) is 12.2. The number of aromatic nitrogens is 3. The van der Waals surface area contributed by atoms with Gasteiger partial charge in [-0.3, -0.25) is 4.57 Å². The second-order valence-electron chi connectivity index (χ2n) is 4.07. The van der Waals surface area contributed by atoms with Gasteiger partial charge in [-0.2, -0.15) is 4.98 Å². The fraction of sp³-hybridized carbons (Fsp3) is 0.308. The summed E-state index contributed by atoms with van der Waals surface area (Å²) < 4.78 is 7.00. The predicted octanol–water partition coefficient (Wildman–Crippen LogP) is 1.81. The van der Waals surface area contributed by atoms with Crippen LogP contribution in [0.4, 0.5) is 0 Å². The van der Waals surface area contributed by atoms with E-state index < -0.39 is 0 Å². The summed E-state index contributed by atoms with van der Waals surface area (Å²) in [5.74, 6) is 2.17. The lowest BCUT2D eigenvalue weighted by Crippen LogP contribution is -2.23. The molecular formula is C13H13N3O2S. The highest BCUT2D eigenvalue weighted by Crippen LogP contribution is 2.24. The molecule has 2 heterocycles. The van der Waals surface area contributed by atoms with Crippen LogP contribution in [0.25, 0.3) is 11.4 Å². The molecule has 0 saturated carbocycles. The minimum Gasteiger partial charge on any atom is -0.494 e. The van der Waals surface area contributed by atoms with Gasteiger partial charge in [-0.15, -0.1) is 0 Å². The second kappa shape index (κ2) is 5.05. The van der Waals surface area contributed by atoms with Crippen molar-refractivity contribution in [3.63, 3.8) is 0 Å². The molecule has 0 saturated heterocycles. The molecule has 1 aromatic heterocycles. The first-order valence-corrected chi connectivity index (χ1v) is 7.11. The number of rotatable bonds is 3. The minimum atomic E-state index is -0.223. The highest BCUT2D eigenvalue weighted by Gasteiger charge is 2.16. The van der Waals surface area contributed by atoms with E-state index in [1.807, 2.05) is 31.2 Å². The molecule has 1 aromatic carbocycles. The minimum absolute atomic E-state index is 0.223. The molecule has 0 unspecified atom stereocenters. The van der Waals surface area contributed by atoms with E-state index in [0.717, 1.165) is 22.2 Å². The lowest BCUT2D eigenvalue weighted by molar-refractivity contribution is 0.340. The van der Waals surface area contributed by atoms with E-state index >= 15 is 0 Å². The summed E-state index contributed by atoms with van der Waals surface area (Å²) in [6.07, 6.45) is 0. The Bertz CT molecular complexity index is 652. The molecule has 5 nitrogen and oxygen atoms in total. The van der Waals surface area contributed by atoms with Crippen molar-refractivity contribution in [1.29, 1.82) is 0 Å². The van der Waals surface area contributed by atoms with E-state index in [2.05, 4.69) is 9.97 Å². The van der Waals surface area contributed by atoms with Crippen LogP contribution in [0.2, 0.25) is 0 Å². The summed E-state index contributed by atoms with van der Waals surface area (Å²) in [5.41, 5.74) is 0.607. The molecule has 2 aromatic rings. The van der Waals surface area contributed by atoms with Crippen molar-refractivity contribution in [2.45, 2.75) is 18.6 Å². The van der Waals surface area contributed by atoms with Gasteiger partial charge in [0.05, 0.1) is 6.61 Å². The van der Waals surface area contributed by atoms with E-state index in [1.54, 1.807) is 16.3 Å². The molecule has 0 radical (unpaired) electrons. The summed E-state index contributed by atoms with van der Waals surface area (Å²) in [6.45, 7) is 3.27. The average molecular weight is 275 g/mol. The SMILES string of the molecule is CCOc1ccc(-c2nc3n(c(=O)n2)CCS3)cc1. The topological polar surface area (TPSA) is 57.0 Å². The summed E-state index contributed by atoms with van der Waals surface area (Å²) in [6, 6.07) is 7.47. The Labute approximate surface area is 114 Å². The molecule has 0 fully saturated rings. The summed E-state index contributed by atoms with van der Waals surface area (Å²) in [7, 11) is 0. The molecule has 0 amide bonds. The fourth-order valence-electron chi connectivity index (χ4n) is 1.93. The van der Waals surface area contributed by atoms with Crippen LogP contribution in [0.5, 0.6) is 5.75 Å². The molecular weight excluding hydrogens is 262 g/mol. The van der Waals surface area contributed by atoms with Crippen molar-refractivity contribution in [2.75, 3.05) is 12.4 Å². The van der Waals surface area contributed by atoms with Crippen LogP contribution >= 0.6 is 11.8 Å². The number of hydrogen-bond donors (Lipinski definition) is 0. The van der Waals surface area contributed by atoms with E-state index in [4.69, 9.17) is 4.74 Å². The maximum Gasteiger partial charge on any atom is 0.351 e. The lowest BCUT2D eigenvalue weighted by Gasteiger charge is -2.05. The molecule has 0 atom stereocenters. The summed E-state index contributed by atoms with van der Waals surface area (Å²) >= 11 is 1.59. The van der Waals surface area contributed by atoms with Gasteiger partial charge in [0.25, 0.3) is 0 Å². The third-order valence-corrected chi connectivity index (χ3v) is 3.79. The van der Waals surface area contributed by atoms with Crippen molar-refractivity contribution in [2.24, 2.45) is 0 Å². The van der Waals surface area contributed by atoms with Gasteiger partial charge in [-0.05, 0) is 31.2 Å². The van der Waals surface area contributed by atoms with Gasteiger partial charge in [0.1, 0.15) is 5.75 Å². The Morgan fingerprint density at radius 3 is 2.84 bits per heavy atom. The van der Waals surface area contributed by atoms with Gasteiger partial charge in [-0.25, -0.2) is 9.78 Å². The zero-order valence-corrected chi connectivity index (χ0v) is 11.3. The van der Waals surface area contributed by atoms with Gasteiger partial charge >= 0.3 is 5.69 Å². The van der Waals surface area contributed by atoms with E-state index in [-0.39, 0.29) is 5.69 Å². The Kier molecular flexibility index (Phi) is 3.25.